The summed E-state index contributed by atoms with van der Waals surface area (Å²) in [5, 5.41) is 1.26. The fraction of sp³-hybridized carbons (Fsp3) is 0.739. The Hall–Kier alpha value is -0.763. The minimum atomic E-state index is -1.39. The second-order valence-corrected chi connectivity index (χ2v) is 15.7. The molecule has 0 aliphatic heterocycles. The lowest BCUT2D eigenvalue weighted by Gasteiger charge is -2.55. The maximum atomic E-state index is 6.43. The molecule has 1 heterocycles. The second kappa shape index (κ2) is 6.15. The summed E-state index contributed by atoms with van der Waals surface area (Å²) in [6.45, 7) is 19.3. The number of hydrogen-bond donors (Lipinski definition) is 0. The Balaban J connectivity index is 1.97. The Kier molecular flexibility index (Phi) is 4.67. The lowest BCUT2D eigenvalue weighted by Crippen LogP contribution is -2.45. The lowest BCUT2D eigenvalue weighted by atomic mass is 9.50. The summed E-state index contributed by atoms with van der Waals surface area (Å²) in [5.74, 6) is 2.05. The molecule has 0 amide bonds. The molecule has 0 bridgehead atoms. The first kappa shape index (κ1) is 19.0. The maximum Gasteiger partial charge on any atom is 0.123 e. The van der Waals surface area contributed by atoms with Crippen molar-refractivity contribution in [2.24, 2.45) is 16.7 Å². The molecular weight excluding hydrogens is 320 g/mol. The molecule has 0 N–H and O–H groups in total. The van der Waals surface area contributed by atoms with Crippen molar-refractivity contribution >= 4 is 13.5 Å². The molecule has 0 aromatic carbocycles. The van der Waals surface area contributed by atoms with Crippen molar-refractivity contribution in [2.45, 2.75) is 92.8 Å². The van der Waals surface area contributed by atoms with E-state index in [0.29, 0.717) is 10.8 Å². The van der Waals surface area contributed by atoms with Crippen LogP contribution in [0.25, 0.3) is 0 Å². The van der Waals surface area contributed by atoms with Gasteiger partial charge in [0, 0.05) is 6.42 Å². The van der Waals surface area contributed by atoms with Crippen LogP contribution in [0.1, 0.15) is 71.1 Å². The van der Waals surface area contributed by atoms with Crippen LogP contribution in [0.15, 0.2) is 21.6 Å². The van der Waals surface area contributed by atoms with Gasteiger partial charge in [-0.05, 0) is 67.9 Å². The second-order valence-electron chi connectivity index (χ2n) is 10.8. The van der Waals surface area contributed by atoms with Crippen molar-refractivity contribution in [3.05, 3.63) is 28.5 Å². The normalized spacial score (nSPS) is 29.7. The van der Waals surface area contributed by atoms with Crippen molar-refractivity contribution in [1.82, 2.24) is 0 Å². The molecule has 1 aromatic rings. The van der Waals surface area contributed by atoms with Crippen molar-refractivity contribution in [1.29, 1.82) is 0 Å². The zero-order valence-corrected chi connectivity index (χ0v) is 18.8. The van der Waals surface area contributed by atoms with Gasteiger partial charge in [-0.3, -0.25) is 0 Å². The number of fused-ring (bicyclic) bond motifs is 1. The van der Waals surface area contributed by atoms with Gasteiger partial charge >= 0.3 is 0 Å². The molecule has 1 fully saturated rings. The fourth-order valence-electron chi connectivity index (χ4n) is 5.77. The number of furan rings is 1. The average Bonchev–Trinajstić information content (AvgIpc) is 2.83. The van der Waals surface area contributed by atoms with Gasteiger partial charge in [-0.2, -0.15) is 0 Å². The first-order chi connectivity index (χ1) is 11.4. The molecule has 0 radical (unpaired) electrons. The molecule has 140 valence electrons. The van der Waals surface area contributed by atoms with E-state index in [-0.39, 0.29) is 0 Å². The highest BCUT2D eigenvalue weighted by atomic mass is 28.3. The van der Waals surface area contributed by atoms with Crippen LogP contribution in [0.3, 0.4) is 0 Å². The van der Waals surface area contributed by atoms with E-state index in [1.54, 1.807) is 11.1 Å². The summed E-state index contributed by atoms with van der Waals surface area (Å²) in [6.07, 6.45) is 7.79. The molecule has 0 unspecified atom stereocenters. The summed E-state index contributed by atoms with van der Waals surface area (Å²) in [5.41, 5.74) is 5.54. The third kappa shape index (κ3) is 3.31. The Bertz CT molecular complexity index is 685. The molecule has 1 saturated carbocycles. The fourth-order valence-corrected chi connectivity index (χ4v) is 6.85. The molecule has 2 aliphatic rings. The molecular formula is C23H38OSi. The maximum absolute atomic E-state index is 6.43. The van der Waals surface area contributed by atoms with E-state index >= 15 is 0 Å². The molecule has 0 saturated heterocycles. The quantitative estimate of drug-likeness (QED) is 0.437. The van der Waals surface area contributed by atoms with Crippen molar-refractivity contribution in [3.8, 4) is 0 Å². The minimum Gasteiger partial charge on any atom is -0.471 e. The standard InChI is InChI=1S/C23H38OSi/c1-16-10-11-20-22(3,4)12-9-13-23(20,5)18(16)15-19-17(2)14-21(24-19)25(6,7)8/h14,20H,9-13,15H2,1-8H3/t20-,23+/m0/s1. The molecule has 2 heteroatoms. The Labute approximate surface area is 156 Å². The third-order valence-electron chi connectivity index (χ3n) is 7.34. The number of hydrogen-bond acceptors (Lipinski definition) is 1. The van der Waals surface area contributed by atoms with Gasteiger partial charge in [0.2, 0.25) is 0 Å². The van der Waals surface area contributed by atoms with Gasteiger partial charge in [-0.15, -0.1) is 0 Å². The first-order valence-electron chi connectivity index (χ1n) is 10.2. The van der Waals surface area contributed by atoms with Crippen LogP contribution < -0.4 is 5.38 Å². The van der Waals surface area contributed by atoms with Crippen LogP contribution in [0.4, 0.5) is 0 Å². The van der Waals surface area contributed by atoms with Crippen molar-refractivity contribution < 1.29 is 4.42 Å². The zero-order valence-electron chi connectivity index (χ0n) is 17.8. The molecule has 2 atom stereocenters. The molecule has 25 heavy (non-hydrogen) atoms. The van der Waals surface area contributed by atoms with Crippen LogP contribution >= 0.6 is 0 Å². The van der Waals surface area contributed by atoms with E-state index in [2.05, 4.69) is 60.3 Å². The minimum absolute atomic E-state index is 0.364. The molecule has 1 nitrogen and oxygen atoms in total. The molecule has 3 rings (SSSR count). The number of rotatable bonds is 3. The van der Waals surface area contributed by atoms with E-state index < -0.39 is 8.07 Å². The summed E-state index contributed by atoms with van der Waals surface area (Å²) < 4.78 is 6.43. The first-order valence-corrected chi connectivity index (χ1v) is 13.7. The molecule has 2 aliphatic carbocycles. The van der Waals surface area contributed by atoms with Crippen LogP contribution in [-0.2, 0) is 6.42 Å². The SMILES string of the molecule is CC1=C(Cc2oc([Si](C)(C)C)cc2C)[C@@]2(C)CCCC(C)(C)[C@@H]2CC1. The summed E-state index contributed by atoms with van der Waals surface area (Å²) in [4.78, 5) is 0. The average molecular weight is 359 g/mol. The lowest BCUT2D eigenvalue weighted by molar-refractivity contribution is 0.0108. The summed E-state index contributed by atoms with van der Waals surface area (Å²) >= 11 is 0. The van der Waals surface area contributed by atoms with Gasteiger partial charge < -0.3 is 4.42 Å². The molecule has 0 spiro atoms. The Morgan fingerprint density at radius 3 is 2.40 bits per heavy atom. The van der Waals surface area contributed by atoms with Gasteiger partial charge in [0.1, 0.15) is 13.8 Å². The van der Waals surface area contributed by atoms with Crippen LogP contribution in [0.2, 0.25) is 19.6 Å². The van der Waals surface area contributed by atoms with Gasteiger partial charge in [0.05, 0.1) is 5.38 Å². The Morgan fingerprint density at radius 2 is 1.80 bits per heavy atom. The van der Waals surface area contributed by atoms with E-state index in [0.717, 1.165) is 12.3 Å². The van der Waals surface area contributed by atoms with E-state index in [1.807, 2.05) is 0 Å². The monoisotopic (exact) mass is 358 g/mol. The predicted octanol–water partition coefficient (Wildman–Crippen LogP) is 6.62. The van der Waals surface area contributed by atoms with E-state index in [4.69, 9.17) is 4.42 Å². The zero-order chi connectivity index (χ0) is 18.6. The van der Waals surface area contributed by atoms with Crippen molar-refractivity contribution in [2.75, 3.05) is 0 Å². The van der Waals surface area contributed by atoms with Crippen LogP contribution in [0, 0.1) is 23.7 Å². The predicted molar refractivity (Wildman–Crippen MR) is 111 cm³/mol. The summed E-state index contributed by atoms with van der Waals surface area (Å²) in [7, 11) is -1.39. The highest BCUT2D eigenvalue weighted by Gasteiger charge is 2.50. The smallest absolute Gasteiger partial charge is 0.123 e. The Morgan fingerprint density at radius 1 is 1.12 bits per heavy atom. The van der Waals surface area contributed by atoms with Crippen LogP contribution in [0.5, 0.6) is 0 Å². The topological polar surface area (TPSA) is 13.1 Å². The van der Waals surface area contributed by atoms with Crippen molar-refractivity contribution in [3.63, 3.8) is 0 Å². The number of aryl methyl sites for hydroxylation is 1. The highest BCUT2D eigenvalue weighted by molar-refractivity contribution is 6.87. The van der Waals surface area contributed by atoms with Gasteiger partial charge in [-0.25, -0.2) is 0 Å². The van der Waals surface area contributed by atoms with E-state index in [9.17, 15) is 0 Å². The van der Waals surface area contributed by atoms with Gasteiger partial charge in [0.15, 0.2) is 0 Å². The van der Waals surface area contributed by atoms with Gasteiger partial charge in [-0.1, -0.05) is 58.0 Å². The van der Waals surface area contributed by atoms with E-state index in [1.165, 1.54) is 48.8 Å². The number of allylic oxidation sites excluding steroid dienone is 2. The third-order valence-corrected chi connectivity index (χ3v) is 9.06. The largest absolute Gasteiger partial charge is 0.471 e. The highest BCUT2D eigenvalue weighted by Crippen LogP contribution is 2.60. The summed E-state index contributed by atoms with van der Waals surface area (Å²) in [6, 6.07) is 2.32. The van der Waals surface area contributed by atoms with Crippen LogP contribution in [-0.4, -0.2) is 8.07 Å². The van der Waals surface area contributed by atoms with Gasteiger partial charge in [0.25, 0.3) is 0 Å². The molecule has 1 aromatic heterocycles.